The molecule has 1 N–H and O–H groups in total. The number of methoxy groups -OCH3 is 2. The number of ether oxygens (including phenoxy) is 3. The van der Waals surface area contributed by atoms with Crippen molar-refractivity contribution in [3.8, 4) is 11.5 Å². The van der Waals surface area contributed by atoms with E-state index >= 15 is 0 Å². The van der Waals surface area contributed by atoms with Crippen LogP contribution in [0.5, 0.6) is 11.5 Å². The van der Waals surface area contributed by atoms with E-state index in [0.717, 1.165) is 6.07 Å². The third-order valence-electron chi connectivity index (χ3n) is 3.71. The molecule has 2 aromatic carbocycles. The molecule has 7 heteroatoms. The number of nitrogens with one attached hydrogen (secondary N) is 1. The Morgan fingerprint density at radius 1 is 1.12 bits per heavy atom. The third-order valence-corrected chi connectivity index (χ3v) is 3.71. The molecule has 0 spiro atoms. The summed E-state index contributed by atoms with van der Waals surface area (Å²) in [5, 5.41) is 2.70. The highest BCUT2D eigenvalue weighted by molar-refractivity contribution is 5.91. The van der Waals surface area contributed by atoms with Gasteiger partial charge in [-0.25, -0.2) is 9.18 Å². The fraction of sp³-hybridized carbons (Fsp3) is 0.263. The molecule has 0 radical (unpaired) electrons. The van der Waals surface area contributed by atoms with Crippen molar-refractivity contribution in [1.82, 2.24) is 5.32 Å². The van der Waals surface area contributed by atoms with E-state index in [9.17, 15) is 14.0 Å². The summed E-state index contributed by atoms with van der Waals surface area (Å²) in [6.07, 6.45) is 0. The predicted molar refractivity (Wildman–Crippen MR) is 92.8 cm³/mol. The smallest absolute Gasteiger partial charge is 0.341 e. The van der Waals surface area contributed by atoms with Crippen molar-refractivity contribution >= 4 is 11.9 Å². The number of amides is 1. The lowest BCUT2D eigenvalue weighted by Gasteiger charge is -2.18. The van der Waals surface area contributed by atoms with Crippen LogP contribution in [0, 0.1) is 5.82 Å². The number of halogens is 1. The van der Waals surface area contributed by atoms with E-state index in [1.807, 2.05) is 0 Å². The van der Waals surface area contributed by atoms with Gasteiger partial charge in [-0.1, -0.05) is 12.1 Å². The van der Waals surface area contributed by atoms with E-state index in [4.69, 9.17) is 14.2 Å². The van der Waals surface area contributed by atoms with Crippen LogP contribution in [-0.4, -0.2) is 32.7 Å². The van der Waals surface area contributed by atoms with Crippen LogP contribution in [0.1, 0.15) is 28.9 Å². The summed E-state index contributed by atoms with van der Waals surface area (Å²) < 4.78 is 28.8. The quantitative estimate of drug-likeness (QED) is 0.768. The molecule has 0 saturated carbocycles. The lowest BCUT2D eigenvalue weighted by Crippen LogP contribution is -2.31. The standard InChI is InChI=1S/C19H20FNO5/c1-12(15-10-13(24-2)8-9-17(15)25-3)21-18(22)11-26-19(23)14-6-4-5-7-16(14)20/h4-10,12H,11H2,1-3H3,(H,21,22)/t12-/m1/s1. The van der Waals surface area contributed by atoms with Crippen LogP contribution in [-0.2, 0) is 9.53 Å². The second kappa shape index (κ2) is 8.84. The fourth-order valence-electron chi connectivity index (χ4n) is 2.37. The molecule has 0 bridgehead atoms. The van der Waals surface area contributed by atoms with Crippen LogP contribution < -0.4 is 14.8 Å². The van der Waals surface area contributed by atoms with Gasteiger partial charge in [0.2, 0.25) is 0 Å². The van der Waals surface area contributed by atoms with Gasteiger partial charge in [0.05, 0.1) is 25.8 Å². The second-order valence-corrected chi connectivity index (χ2v) is 5.45. The van der Waals surface area contributed by atoms with Crippen LogP contribution in [0.25, 0.3) is 0 Å². The molecular formula is C19H20FNO5. The van der Waals surface area contributed by atoms with Crippen molar-refractivity contribution in [2.24, 2.45) is 0 Å². The normalized spacial score (nSPS) is 11.4. The van der Waals surface area contributed by atoms with Crippen LogP contribution in [0.4, 0.5) is 4.39 Å². The molecule has 0 fully saturated rings. The average Bonchev–Trinajstić information content (AvgIpc) is 2.65. The maximum absolute atomic E-state index is 13.5. The Kier molecular flexibility index (Phi) is 6.54. The van der Waals surface area contributed by atoms with Gasteiger partial charge < -0.3 is 19.5 Å². The molecule has 1 amide bonds. The lowest BCUT2D eigenvalue weighted by molar-refractivity contribution is -0.124. The zero-order valence-electron chi connectivity index (χ0n) is 14.7. The maximum atomic E-state index is 13.5. The molecule has 2 rings (SSSR count). The van der Waals surface area contributed by atoms with Gasteiger partial charge >= 0.3 is 5.97 Å². The first-order valence-electron chi connectivity index (χ1n) is 7.89. The first-order chi connectivity index (χ1) is 12.5. The monoisotopic (exact) mass is 361 g/mol. The van der Waals surface area contributed by atoms with Crippen molar-refractivity contribution in [2.45, 2.75) is 13.0 Å². The summed E-state index contributed by atoms with van der Waals surface area (Å²) >= 11 is 0. The number of hydrogen-bond acceptors (Lipinski definition) is 5. The summed E-state index contributed by atoms with van der Waals surface area (Å²) in [4.78, 5) is 23.9. The van der Waals surface area contributed by atoms with Gasteiger partial charge in [0.25, 0.3) is 5.91 Å². The number of carbonyl (C=O) groups excluding carboxylic acids is 2. The van der Waals surface area contributed by atoms with Crippen LogP contribution in [0.15, 0.2) is 42.5 Å². The number of hydrogen-bond donors (Lipinski definition) is 1. The number of benzene rings is 2. The van der Waals surface area contributed by atoms with Crippen molar-refractivity contribution in [1.29, 1.82) is 0 Å². The molecule has 0 aromatic heterocycles. The Hall–Kier alpha value is -3.09. The van der Waals surface area contributed by atoms with Gasteiger partial charge in [-0.3, -0.25) is 4.79 Å². The molecule has 0 heterocycles. The van der Waals surface area contributed by atoms with E-state index < -0.39 is 30.3 Å². The van der Waals surface area contributed by atoms with Gasteiger partial charge in [-0.15, -0.1) is 0 Å². The third kappa shape index (κ3) is 4.72. The first-order valence-corrected chi connectivity index (χ1v) is 7.89. The SMILES string of the molecule is COc1ccc(OC)c([C@@H](C)NC(=O)COC(=O)c2ccccc2F)c1. The second-order valence-electron chi connectivity index (χ2n) is 5.45. The molecular weight excluding hydrogens is 341 g/mol. The zero-order valence-corrected chi connectivity index (χ0v) is 14.7. The lowest BCUT2D eigenvalue weighted by atomic mass is 10.1. The molecule has 2 aromatic rings. The van der Waals surface area contributed by atoms with Gasteiger partial charge in [0.1, 0.15) is 17.3 Å². The Labute approximate surface area is 150 Å². The van der Waals surface area contributed by atoms with Crippen LogP contribution in [0.2, 0.25) is 0 Å². The predicted octanol–water partition coefficient (Wildman–Crippen LogP) is 2.88. The minimum absolute atomic E-state index is 0.220. The molecule has 26 heavy (non-hydrogen) atoms. The maximum Gasteiger partial charge on any atom is 0.341 e. The van der Waals surface area contributed by atoms with Crippen molar-refractivity contribution in [3.05, 3.63) is 59.4 Å². The average molecular weight is 361 g/mol. The van der Waals surface area contributed by atoms with E-state index in [0.29, 0.717) is 17.1 Å². The Morgan fingerprint density at radius 3 is 2.50 bits per heavy atom. The highest BCUT2D eigenvalue weighted by Crippen LogP contribution is 2.29. The van der Waals surface area contributed by atoms with Gasteiger partial charge in [0.15, 0.2) is 6.61 Å². The minimum Gasteiger partial charge on any atom is -0.497 e. The number of carbonyl (C=O) groups is 2. The Morgan fingerprint density at radius 2 is 1.85 bits per heavy atom. The summed E-state index contributed by atoms with van der Waals surface area (Å²) in [5.41, 5.74) is 0.489. The van der Waals surface area contributed by atoms with Crippen molar-refractivity contribution < 1.29 is 28.2 Å². The molecule has 0 unspecified atom stereocenters. The minimum atomic E-state index is -0.898. The van der Waals surface area contributed by atoms with Gasteiger partial charge in [-0.2, -0.15) is 0 Å². The molecule has 0 aliphatic heterocycles. The molecule has 1 atom stereocenters. The summed E-state index contributed by atoms with van der Waals surface area (Å²) in [7, 11) is 3.06. The summed E-state index contributed by atoms with van der Waals surface area (Å²) in [5.74, 6) is -0.917. The topological polar surface area (TPSA) is 73.9 Å². The van der Waals surface area contributed by atoms with E-state index in [1.165, 1.54) is 32.4 Å². The molecule has 6 nitrogen and oxygen atoms in total. The van der Waals surface area contributed by atoms with Gasteiger partial charge in [-0.05, 0) is 37.3 Å². The molecule has 0 aliphatic rings. The highest BCUT2D eigenvalue weighted by Gasteiger charge is 2.18. The van der Waals surface area contributed by atoms with E-state index in [1.54, 1.807) is 25.1 Å². The largest absolute Gasteiger partial charge is 0.497 e. The molecule has 138 valence electrons. The molecule has 0 saturated heterocycles. The summed E-state index contributed by atoms with van der Waals surface area (Å²) in [6, 6.07) is 10.2. The fourth-order valence-corrected chi connectivity index (χ4v) is 2.37. The van der Waals surface area contributed by atoms with Crippen molar-refractivity contribution in [3.63, 3.8) is 0 Å². The van der Waals surface area contributed by atoms with Crippen LogP contribution in [0.3, 0.4) is 0 Å². The first kappa shape index (κ1) is 19.2. The Bertz CT molecular complexity index is 793. The molecule has 0 aliphatic carbocycles. The van der Waals surface area contributed by atoms with E-state index in [2.05, 4.69) is 5.32 Å². The van der Waals surface area contributed by atoms with Crippen LogP contribution >= 0.6 is 0 Å². The number of esters is 1. The van der Waals surface area contributed by atoms with E-state index in [-0.39, 0.29) is 5.56 Å². The Balaban J connectivity index is 1.97. The highest BCUT2D eigenvalue weighted by atomic mass is 19.1. The number of rotatable bonds is 7. The van der Waals surface area contributed by atoms with Crippen molar-refractivity contribution in [2.75, 3.05) is 20.8 Å². The zero-order chi connectivity index (χ0) is 19.1. The van der Waals surface area contributed by atoms with Gasteiger partial charge in [0, 0.05) is 5.56 Å². The summed E-state index contributed by atoms with van der Waals surface area (Å²) in [6.45, 7) is 1.23.